The van der Waals surface area contributed by atoms with E-state index in [0.29, 0.717) is 11.1 Å². The van der Waals surface area contributed by atoms with E-state index in [9.17, 15) is 34.8 Å². The summed E-state index contributed by atoms with van der Waals surface area (Å²) < 4.78 is 0. The van der Waals surface area contributed by atoms with Gasteiger partial charge in [0.05, 0.1) is 17.3 Å². The maximum atomic E-state index is 14.0. The van der Waals surface area contributed by atoms with Crippen LogP contribution in [0.25, 0.3) is 11.1 Å². The van der Waals surface area contributed by atoms with E-state index in [1.165, 1.54) is 4.90 Å². The molecule has 11 heteroatoms. The largest absolute Gasteiger partial charge is 0.510 e. The topological polar surface area (TPSA) is 191 Å². The Bertz CT molecular complexity index is 1540. The summed E-state index contributed by atoms with van der Waals surface area (Å²) in [7, 11) is 7.00. The number of anilines is 2. The minimum atomic E-state index is -2.69. The van der Waals surface area contributed by atoms with Crippen LogP contribution in [-0.4, -0.2) is 82.6 Å². The van der Waals surface area contributed by atoms with Gasteiger partial charge in [-0.2, -0.15) is 0 Å². The molecule has 0 saturated heterocycles. The summed E-state index contributed by atoms with van der Waals surface area (Å²) in [5.41, 5.74) is 10.4. The second-order valence-corrected chi connectivity index (χ2v) is 11.1. The number of Topliss-reactive ketones (excluding diaryl/α,β-unsaturated/α-hetero) is 2. The fourth-order valence-corrected chi connectivity index (χ4v) is 6.54. The maximum absolute atomic E-state index is 14.0. The number of likely N-dealkylation sites (N-methyl/N-ethyl adjacent to an activating group) is 1. The Labute approximate surface area is 230 Å². The number of aliphatic hydroxyl groups is 3. The molecule has 1 unspecified atom stereocenters. The Morgan fingerprint density at radius 1 is 1.05 bits per heavy atom. The number of amides is 1. The smallest absolute Gasteiger partial charge is 0.255 e. The molecule has 0 radical (unpaired) electrons. The molecule has 40 heavy (non-hydrogen) atoms. The van der Waals surface area contributed by atoms with Crippen LogP contribution in [0.15, 0.2) is 53.0 Å². The van der Waals surface area contributed by atoms with Gasteiger partial charge < -0.3 is 36.8 Å². The highest BCUT2D eigenvalue weighted by Crippen LogP contribution is 2.53. The molecule has 210 valence electrons. The van der Waals surface area contributed by atoms with E-state index in [-0.39, 0.29) is 29.7 Å². The molecule has 0 aliphatic heterocycles. The Morgan fingerprint density at radius 3 is 2.23 bits per heavy atom. The minimum Gasteiger partial charge on any atom is -0.510 e. The van der Waals surface area contributed by atoms with E-state index < -0.39 is 63.8 Å². The molecule has 3 aliphatic rings. The summed E-state index contributed by atoms with van der Waals surface area (Å²) in [6.45, 7) is 0. The van der Waals surface area contributed by atoms with Crippen LogP contribution < -0.4 is 16.4 Å². The van der Waals surface area contributed by atoms with Crippen LogP contribution in [0.2, 0.25) is 0 Å². The Kier molecular flexibility index (Phi) is 6.20. The van der Waals surface area contributed by atoms with Crippen molar-refractivity contribution in [1.29, 1.82) is 0 Å². The molecule has 1 amide bonds. The van der Waals surface area contributed by atoms with Gasteiger partial charge in [0.1, 0.15) is 22.8 Å². The van der Waals surface area contributed by atoms with Crippen molar-refractivity contribution in [2.24, 2.45) is 17.6 Å². The van der Waals surface area contributed by atoms with Crippen LogP contribution in [0.5, 0.6) is 5.75 Å². The summed E-state index contributed by atoms with van der Waals surface area (Å²) in [5.74, 6) is -7.07. The average Bonchev–Trinajstić information content (AvgIpc) is 2.88. The van der Waals surface area contributed by atoms with Crippen molar-refractivity contribution in [3.05, 3.63) is 64.1 Å². The van der Waals surface area contributed by atoms with Crippen molar-refractivity contribution in [2.45, 2.75) is 24.5 Å². The fraction of sp³-hybridized carbons (Fsp3) is 0.345. The molecular weight excluding hydrogens is 516 g/mol. The summed E-state index contributed by atoms with van der Waals surface area (Å²) in [4.78, 5) is 42.9. The minimum absolute atomic E-state index is 0.00983. The van der Waals surface area contributed by atoms with Crippen molar-refractivity contribution in [2.75, 3.05) is 38.8 Å². The predicted molar refractivity (Wildman–Crippen MR) is 148 cm³/mol. The van der Waals surface area contributed by atoms with E-state index in [1.807, 2.05) is 43.3 Å². The molecule has 2 aromatic carbocycles. The molecule has 3 aliphatic carbocycles. The normalized spacial score (nSPS) is 26.0. The fourth-order valence-electron chi connectivity index (χ4n) is 6.54. The third-order valence-electron chi connectivity index (χ3n) is 8.45. The molecule has 5 rings (SSSR count). The van der Waals surface area contributed by atoms with Gasteiger partial charge in [0.2, 0.25) is 5.78 Å². The first kappa shape index (κ1) is 27.2. The molecule has 0 aromatic heterocycles. The van der Waals surface area contributed by atoms with E-state index in [4.69, 9.17) is 11.5 Å². The number of ketones is 2. The number of nitrogens with two attached hydrogens (primary N) is 2. The van der Waals surface area contributed by atoms with E-state index in [1.54, 1.807) is 20.2 Å². The lowest BCUT2D eigenvalue weighted by molar-refractivity contribution is -0.148. The number of hydrogen-bond donors (Lipinski definition) is 6. The molecule has 8 N–H and O–H groups in total. The number of allylic oxidation sites excluding steroid dienone is 1. The average molecular weight is 549 g/mol. The van der Waals surface area contributed by atoms with Gasteiger partial charge in [-0.05, 0) is 67.7 Å². The summed E-state index contributed by atoms with van der Waals surface area (Å²) in [6.07, 6.45) is 0.184. The van der Waals surface area contributed by atoms with Crippen LogP contribution in [0.3, 0.4) is 0 Å². The first-order valence-electron chi connectivity index (χ1n) is 12.8. The van der Waals surface area contributed by atoms with Crippen molar-refractivity contribution in [3.63, 3.8) is 0 Å². The second-order valence-electron chi connectivity index (χ2n) is 11.1. The van der Waals surface area contributed by atoms with Crippen molar-refractivity contribution in [3.8, 4) is 16.9 Å². The number of nitrogen functional groups attached to an aromatic ring is 1. The van der Waals surface area contributed by atoms with Crippen LogP contribution in [-0.2, 0) is 16.0 Å². The Hall–Kier alpha value is -4.35. The quantitative estimate of drug-likeness (QED) is 0.185. The highest BCUT2D eigenvalue weighted by molar-refractivity contribution is 6.25. The number of nitrogens with zero attached hydrogens (tertiary/aromatic N) is 2. The van der Waals surface area contributed by atoms with Gasteiger partial charge in [-0.15, -0.1) is 0 Å². The number of aromatic hydroxyl groups is 1. The zero-order valence-corrected chi connectivity index (χ0v) is 22.6. The van der Waals surface area contributed by atoms with Gasteiger partial charge in [0, 0.05) is 31.3 Å². The molecule has 0 saturated carbocycles. The number of aliphatic hydroxyl groups excluding tert-OH is 2. The maximum Gasteiger partial charge on any atom is 0.255 e. The third kappa shape index (κ3) is 3.61. The van der Waals surface area contributed by atoms with E-state index >= 15 is 0 Å². The lowest BCUT2D eigenvalue weighted by Crippen LogP contribution is -2.63. The molecule has 11 nitrogen and oxygen atoms in total. The number of rotatable bonds is 4. The zero-order valence-electron chi connectivity index (χ0n) is 22.6. The van der Waals surface area contributed by atoms with Crippen molar-refractivity contribution < 1.29 is 34.8 Å². The van der Waals surface area contributed by atoms with Gasteiger partial charge in [-0.3, -0.25) is 19.3 Å². The lowest BCUT2D eigenvalue weighted by Gasteiger charge is -2.50. The molecule has 0 heterocycles. The molecule has 4 atom stereocenters. The summed E-state index contributed by atoms with van der Waals surface area (Å²) >= 11 is 0. The summed E-state index contributed by atoms with van der Waals surface area (Å²) in [6, 6.07) is 8.13. The van der Waals surface area contributed by atoms with Crippen molar-refractivity contribution >= 4 is 28.8 Å². The number of phenols is 1. The predicted octanol–water partition coefficient (Wildman–Crippen LogP) is 1.44. The standard InChI is InChI=1S/C29H32N4O7/c1-32(2)14-7-5-12(6-8-14)15-11-18(30)23(34)20-16(15)9-13-10-17-22(33(3)4)25(36)21(28(31)39)27(38)29(17,40)26(37)19(13)24(20)35/h5-8,11,13,17,22,34,36-37,40H,9-10,30H2,1-4H3,(H2,31,39)/t13-,17-,22?,29-/m0/s1. The SMILES string of the molecule is CN(C)c1ccc(-c2cc(N)c(O)c3c2C[C@H]2C[C@H]4C(N(C)C)C(O)=C(C(N)=O)C(=O)[C@@]4(O)C(O)=C2C3=O)cc1. The van der Waals surface area contributed by atoms with Crippen LogP contribution in [0.1, 0.15) is 22.3 Å². The number of carbonyl (C=O) groups is 3. The molecule has 0 fully saturated rings. The highest BCUT2D eigenvalue weighted by atomic mass is 16.3. The molecule has 0 bridgehead atoms. The summed E-state index contributed by atoms with van der Waals surface area (Å²) in [5, 5.41) is 45.0. The lowest BCUT2D eigenvalue weighted by atomic mass is 9.58. The number of primary amides is 1. The highest BCUT2D eigenvalue weighted by Gasteiger charge is 2.63. The number of phenolic OH excluding ortho intramolecular Hbond substituents is 1. The van der Waals surface area contributed by atoms with Gasteiger partial charge in [0.15, 0.2) is 11.4 Å². The number of fused-ring (bicyclic) bond motifs is 3. The van der Waals surface area contributed by atoms with Crippen LogP contribution >= 0.6 is 0 Å². The number of hydrogen-bond acceptors (Lipinski definition) is 10. The van der Waals surface area contributed by atoms with Gasteiger partial charge in [-0.1, -0.05) is 12.1 Å². The van der Waals surface area contributed by atoms with Crippen molar-refractivity contribution in [1.82, 2.24) is 4.90 Å². The van der Waals surface area contributed by atoms with Gasteiger partial charge in [-0.25, -0.2) is 0 Å². The first-order valence-corrected chi connectivity index (χ1v) is 12.8. The molecule has 0 spiro atoms. The zero-order chi connectivity index (χ0) is 29.4. The number of benzene rings is 2. The van der Waals surface area contributed by atoms with Gasteiger partial charge in [0.25, 0.3) is 5.91 Å². The third-order valence-corrected chi connectivity index (χ3v) is 8.45. The Morgan fingerprint density at radius 2 is 1.68 bits per heavy atom. The van der Waals surface area contributed by atoms with E-state index in [2.05, 4.69) is 0 Å². The van der Waals surface area contributed by atoms with Crippen LogP contribution in [0.4, 0.5) is 11.4 Å². The number of carbonyl (C=O) groups excluding carboxylic acids is 3. The van der Waals surface area contributed by atoms with Gasteiger partial charge >= 0.3 is 0 Å². The monoisotopic (exact) mass is 548 g/mol. The second kappa shape index (κ2) is 9.10. The van der Waals surface area contributed by atoms with E-state index in [0.717, 1.165) is 11.3 Å². The van der Waals surface area contributed by atoms with Crippen LogP contribution in [0, 0.1) is 11.8 Å². The first-order chi connectivity index (χ1) is 18.7. The molecular formula is C29H32N4O7. The molecule has 2 aromatic rings. The Balaban J connectivity index is 1.72.